The van der Waals surface area contributed by atoms with E-state index >= 15 is 0 Å². The number of nitrogens with one attached hydrogen (secondary N) is 1. The van der Waals surface area contributed by atoms with Crippen molar-refractivity contribution in [3.05, 3.63) is 91.9 Å². The van der Waals surface area contributed by atoms with Crippen LogP contribution in [0.4, 0.5) is 18.3 Å². The van der Waals surface area contributed by atoms with E-state index in [1.165, 1.54) is 24.4 Å². The summed E-state index contributed by atoms with van der Waals surface area (Å²) in [5, 5.41) is 3.31. The number of halogens is 4. The van der Waals surface area contributed by atoms with Gasteiger partial charge in [0.15, 0.2) is 10.9 Å². The van der Waals surface area contributed by atoms with Crippen molar-refractivity contribution in [2.24, 2.45) is 0 Å². The van der Waals surface area contributed by atoms with Gasteiger partial charge in [0.1, 0.15) is 0 Å². The van der Waals surface area contributed by atoms with Crippen LogP contribution in [-0.4, -0.2) is 10.9 Å². The second-order valence-corrected chi connectivity index (χ2v) is 8.08. The van der Waals surface area contributed by atoms with Gasteiger partial charge in [-0.1, -0.05) is 35.9 Å². The fourth-order valence-electron chi connectivity index (χ4n) is 2.95. The predicted octanol–water partition coefficient (Wildman–Crippen LogP) is 5.76. The summed E-state index contributed by atoms with van der Waals surface area (Å²) in [4.78, 5) is 29.2. The lowest BCUT2D eigenvalue weighted by Gasteiger charge is -2.10. The molecule has 0 aliphatic heterocycles. The molecular weight excluding hydrogens is 453 g/mol. The van der Waals surface area contributed by atoms with Crippen LogP contribution >= 0.6 is 22.9 Å². The molecule has 0 aliphatic carbocycles. The summed E-state index contributed by atoms with van der Waals surface area (Å²) in [6.07, 6.45) is -2.92. The first-order valence-electron chi connectivity index (χ1n) is 8.85. The Kier molecular flexibility index (Phi) is 5.55. The zero-order chi connectivity index (χ0) is 22.2. The minimum atomic E-state index is -4.55. The molecule has 2 aromatic carbocycles. The summed E-state index contributed by atoms with van der Waals surface area (Å²) in [5.74, 6) is -0.831. The van der Waals surface area contributed by atoms with Crippen molar-refractivity contribution in [1.82, 2.24) is 4.98 Å². The Bertz CT molecular complexity index is 1350. The average molecular weight is 465 g/mol. The zero-order valence-electron chi connectivity index (χ0n) is 15.5. The summed E-state index contributed by atoms with van der Waals surface area (Å²) in [5.41, 5.74) is -1.14. The van der Waals surface area contributed by atoms with Crippen molar-refractivity contribution >= 4 is 44.7 Å². The molecule has 4 rings (SSSR count). The maximum Gasteiger partial charge on any atom is 0.417 e. The molecule has 0 radical (unpaired) electrons. The van der Waals surface area contributed by atoms with Gasteiger partial charge in [-0.2, -0.15) is 13.2 Å². The van der Waals surface area contributed by atoms with Crippen molar-refractivity contribution in [3.63, 3.8) is 0 Å². The number of carbonyl (C=O) groups is 1. The Morgan fingerprint density at radius 1 is 1.16 bits per heavy atom. The number of fused-ring (bicyclic) bond motifs is 1. The van der Waals surface area contributed by atoms with E-state index in [0.29, 0.717) is 21.2 Å². The van der Waals surface area contributed by atoms with E-state index in [0.717, 1.165) is 17.4 Å². The van der Waals surface area contributed by atoms with Crippen LogP contribution in [0.25, 0.3) is 10.8 Å². The van der Waals surface area contributed by atoms with Crippen molar-refractivity contribution in [2.75, 3.05) is 5.32 Å². The van der Waals surface area contributed by atoms with Crippen LogP contribution in [0.5, 0.6) is 0 Å². The van der Waals surface area contributed by atoms with E-state index in [-0.39, 0.29) is 22.3 Å². The van der Waals surface area contributed by atoms with E-state index in [1.807, 2.05) is 0 Å². The largest absolute Gasteiger partial charge is 0.417 e. The molecule has 0 atom stereocenters. The van der Waals surface area contributed by atoms with Crippen LogP contribution in [0.1, 0.15) is 26.6 Å². The van der Waals surface area contributed by atoms with E-state index in [9.17, 15) is 22.8 Å². The smallest absolute Gasteiger partial charge is 0.417 e. The Labute approximate surface area is 182 Å². The second-order valence-electron chi connectivity index (χ2n) is 6.56. The number of carbonyl (C=O) groups excluding carboxylic acids is 1. The van der Waals surface area contributed by atoms with Crippen LogP contribution < -0.4 is 10.9 Å². The first-order chi connectivity index (χ1) is 14.7. The Morgan fingerprint density at radius 2 is 1.94 bits per heavy atom. The summed E-state index contributed by atoms with van der Waals surface area (Å²) >= 11 is 6.74. The lowest BCUT2D eigenvalue weighted by molar-refractivity contribution is -0.137. The van der Waals surface area contributed by atoms with Gasteiger partial charge < -0.3 is 4.42 Å². The first-order valence-corrected chi connectivity index (χ1v) is 10.0. The molecule has 0 bridgehead atoms. The third kappa shape index (κ3) is 4.62. The van der Waals surface area contributed by atoms with E-state index in [1.54, 1.807) is 24.3 Å². The Hall–Kier alpha value is -3.17. The van der Waals surface area contributed by atoms with Crippen LogP contribution in [-0.2, 0) is 12.6 Å². The van der Waals surface area contributed by atoms with E-state index in [4.69, 9.17) is 16.0 Å². The number of aromatic nitrogens is 1. The summed E-state index contributed by atoms with van der Waals surface area (Å²) in [7, 11) is 0. The predicted molar refractivity (Wildman–Crippen MR) is 112 cm³/mol. The van der Waals surface area contributed by atoms with Gasteiger partial charge in [-0.15, -0.1) is 11.3 Å². The molecule has 0 aliphatic rings. The van der Waals surface area contributed by atoms with Gasteiger partial charge in [-0.25, -0.2) is 9.78 Å². The minimum Gasteiger partial charge on any atom is -0.417 e. The monoisotopic (exact) mass is 464 g/mol. The number of thiazole rings is 1. The van der Waals surface area contributed by atoms with Crippen LogP contribution in [0.15, 0.2) is 63.9 Å². The summed E-state index contributed by atoms with van der Waals surface area (Å²) in [6.45, 7) is 0. The number of hydrogen-bond acceptors (Lipinski definition) is 5. The van der Waals surface area contributed by atoms with Crippen molar-refractivity contribution in [1.29, 1.82) is 0 Å². The molecule has 5 nitrogen and oxygen atoms in total. The number of amides is 1. The van der Waals surface area contributed by atoms with Crippen molar-refractivity contribution in [3.8, 4) is 0 Å². The molecule has 1 N–H and O–H groups in total. The SMILES string of the molecule is O=C(Nc1ncc(Cc2ccc(Cl)c(C(F)(F)F)c2)s1)c1cc2ccccc2c(=O)o1. The van der Waals surface area contributed by atoms with E-state index in [2.05, 4.69) is 10.3 Å². The summed E-state index contributed by atoms with van der Waals surface area (Å²) in [6, 6.07) is 11.8. The maximum absolute atomic E-state index is 13.0. The molecule has 31 heavy (non-hydrogen) atoms. The highest BCUT2D eigenvalue weighted by molar-refractivity contribution is 7.15. The normalized spacial score (nSPS) is 11.6. The number of rotatable bonds is 4. The number of benzene rings is 2. The van der Waals surface area contributed by atoms with Gasteiger partial charge in [-0.05, 0) is 35.2 Å². The van der Waals surface area contributed by atoms with Crippen LogP contribution in [0.2, 0.25) is 5.02 Å². The highest BCUT2D eigenvalue weighted by Crippen LogP contribution is 2.35. The molecule has 2 aromatic heterocycles. The third-order valence-corrected chi connectivity index (χ3v) is 5.62. The molecule has 0 fully saturated rings. The topological polar surface area (TPSA) is 72.2 Å². The molecule has 0 unspecified atom stereocenters. The average Bonchev–Trinajstić information content (AvgIpc) is 3.15. The van der Waals surface area contributed by atoms with Gasteiger partial charge >= 0.3 is 11.8 Å². The molecule has 10 heteroatoms. The molecule has 0 saturated heterocycles. The summed E-state index contributed by atoms with van der Waals surface area (Å²) < 4.78 is 44.2. The van der Waals surface area contributed by atoms with Gasteiger partial charge in [0.05, 0.1) is 16.0 Å². The highest BCUT2D eigenvalue weighted by Gasteiger charge is 2.33. The Balaban J connectivity index is 1.51. The van der Waals surface area contributed by atoms with Gasteiger partial charge in [-0.3, -0.25) is 10.1 Å². The van der Waals surface area contributed by atoms with Gasteiger partial charge in [0.2, 0.25) is 0 Å². The quantitative estimate of drug-likeness (QED) is 0.416. The molecule has 2 heterocycles. The molecular formula is C21H12ClF3N2O3S. The lowest BCUT2D eigenvalue weighted by atomic mass is 10.1. The van der Waals surface area contributed by atoms with Crippen molar-refractivity contribution < 1.29 is 22.4 Å². The number of nitrogens with zero attached hydrogens (tertiary/aromatic N) is 1. The van der Waals surface area contributed by atoms with Gasteiger partial charge in [0, 0.05) is 17.5 Å². The Morgan fingerprint density at radius 3 is 2.71 bits per heavy atom. The minimum absolute atomic E-state index is 0.173. The lowest BCUT2D eigenvalue weighted by Crippen LogP contribution is -2.14. The molecule has 0 spiro atoms. The van der Waals surface area contributed by atoms with Crippen LogP contribution in [0, 0.1) is 0 Å². The second kappa shape index (κ2) is 8.16. The standard InChI is InChI=1S/C21H12ClF3N2O3S/c22-16-6-5-11(8-15(16)21(23,24)25)7-13-10-26-20(31-13)27-18(28)17-9-12-3-1-2-4-14(12)19(29)30-17/h1-6,8-10H,7H2,(H,26,27,28). The third-order valence-electron chi connectivity index (χ3n) is 4.38. The van der Waals surface area contributed by atoms with E-state index < -0.39 is 23.3 Å². The molecule has 0 saturated carbocycles. The van der Waals surface area contributed by atoms with Crippen LogP contribution in [0.3, 0.4) is 0 Å². The molecule has 158 valence electrons. The van der Waals surface area contributed by atoms with Crippen molar-refractivity contribution in [2.45, 2.75) is 12.6 Å². The highest BCUT2D eigenvalue weighted by atomic mass is 35.5. The molecule has 4 aromatic rings. The fourth-order valence-corrected chi connectivity index (χ4v) is 4.02. The van der Waals surface area contributed by atoms with Gasteiger partial charge in [0.25, 0.3) is 5.91 Å². The fraction of sp³-hybridized carbons (Fsp3) is 0.0952. The molecule has 1 amide bonds. The number of alkyl halides is 3. The number of hydrogen-bond donors (Lipinski definition) is 1. The zero-order valence-corrected chi connectivity index (χ0v) is 17.1. The number of anilines is 1. The first kappa shape index (κ1) is 21.1. The maximum atomic E-state index is 13.0.